The van der Waals surface area contributed by atoms with Crippen LogP contribution in [0.5, 0.6) is 0 Å². The van der Waals surface area contributed by atoms with Crippen LogP contribution in [0.15, 0.2) is 0 Å². The largest absolute Gasteiger partial charge is 0.480 e. The molecule has 0 saturated heterocycles. The molecule has 0 aliphatic carbocycles. The van der Waals surface area contributed by atoms with E-state index in [1.807, 2.05) is 0 Å². The van der Waals surface area contributed by atoms with Gasteiger partial charge in [0.25, 0.3) is 0 Å². The van der Waals surface area contributed by atoms with Crippen LogP contribution >= 0.6 is 0 Å². The maximum atomic E-state index is 11.1. The zero-order valence-electron chi connectivity index (χ0n) is 7.47. The van der Waals surface area contributed by atoms with Gasteiger partial charge in [-0.3, -0.25) is 9.59 Å². The number of aliphatic carboxylic acids is 1. The van der Waals surface area contributed by atoms with Crippen LogP contribution in [0.4, 0.5) is 0 Å². The lowest BCUT2D eigenvalue weighted by Crippen LogP contribution is -2.39. The maximum absolute atomic E-state index is 11.1. The molecule has 1 atom stereocenters. The number of methoxy groups -OCH3 is 1. The van der Waals surface area contributed by atoms with E-state index >= 15 is 0 Å². The zero-order chi connectivity index (χ0) is 11.4. The van der Waals surface area contributed by atoms with Crippen molar-refractivity contribution in [2.75, 3.05) is 18.6 Å². The summed E-state index contributed by atoms with van der Waals surface area (Å²) in [5.41, 5.74) is 4.99. The van der Waals surface area contributed by atoms with Crippen LogP contribution in [-0.4, -0.2) is 50.1 Å². The molecule has 0 bridgehead atoms. The molecule has 0 radical (unpaired) electrons. The molecule has 0 amide bonds. The number of ether oxygens (including phenoxy) is 1. The number of esters is 1. The number of carboxylic acids is 1. The first-order valence-electron chi connectivity index (χ1n) is 3.54. The van der Waals surface area contributed by atoms with Crippen LogP contribution in [0.25, 0.3) is 0 Å². The summed E-state index contributed by atoms with van der Waals surface area (Å²) in [6.07, 6.45) is 0. The van der Waals surface area contributed by atoms with Gasteiger partial charge in [-0.1, -0.05) is 0 Å². The minimum Gasteiger partial charge on any atom is -0.480 e. The SMILES string of the molecule is COC(=O)CS(=O)(=O)CC(N)C(=O)O. The fourth-order valence-corrected chi connectivity index (χ4v) is 1.93. The lowest BCUT2D eigenvalue weighted by Gasteiger charge is -2.06. The second kappa shape index (κ2) is 4.91. The number of hydrogen-bond acceptors (Lipinski definition) is 6. The Morgan fingerprint density at radius 2 is 2.00 bits per heavy atom. The Bertz CT molecular complexity index is 321. The summed E-state index contributed by atoms with van der Waals surface area (Å²) in [6, 6.07) is -1.52. The van der Waals surface area contributed by atoms with Gasteiger partial charge in [-0.25, -0.2) is 8.42 Å². The first kappa shape index (κ1) is 12.8. The van der Waals surface area contributed by atoms with Gasteiger partial charge in [-0.05, 0) is 0 Å². The lowest BCUT2D eigenvalue weighted by molar-refractivity contribution is -0.139. The molecule has 3 N–H and O–H groups in total. The summed E-state index contributed by atoms with van der Waals surface area (Å²) >= 11 is 0. The number of carbonyl (C=O) groups is 2. The molecular weight excluding hydrogens is 214 g/mol. The number of carbonyl (C=O) groups excluding carboxylic acids is 1. The van der Waals surface area contributed by atoms with Crippen molar-refractivity contribution in [2.45, 2.75) is 6.04 Å². The lowest BCUT2D eigenvalue weighted by atomic mass is 10.4. The number of rotatable bonds is 5. The zero-order valence-corrected chi connectivity index (χ0v) is 8.28. The summed E-state index contributed by atoms with van der Waals surface area (Å²) in [5, 5.41) is 8.33. The quantitative estimate of drug-likeness (QED) is 0.518. The molecule has 1 unspecified atom stereocenters. The molecule has 14 heavy (non-hydrogen) atoms. The normalized spacial score (nSPS) is 13.3. The Morgan fingerprint density at radius 3 is 2.36 bits per heavy atom. The van der Waals surface area contributed by atoms with E-state index in [-0.39, 0.29) is 0 Å². The minimum absolute atomic E-state index is 0.780. The van der Waals surface area contributed by atoms with Gasteiger partial charge in [-0.15, -0.1) is 0 Å². The van der Waals surface area contributed by atoms with Gasteiger partial charge >= 0.3 is 11.9 Å². The Morgan fingerprint density at radius 1 is 1.50 bits per heavy atom. The highest BCUT2D eigenvalue weighted by molar-refractivity contribution is 7.92. The number of sulfone groups is 1. The Labute approximate surface area is 80.8 Å². The fourth-order valence-electron chi connectivity index (χ4n) is 0.642. The molecule has 82 valence electrons. The van der Waals surface area contributed by atoms with Gasteiger partial charge < -0.3 is 15.6 Å². The molecule has 0 aliphatic heterocycles. The number of hydrogen-bond donors (Lipinski definition) is 2. The number of nitrogens with two attached hydrogens (primary N) is 1. The third-order valence-corrected chi connectivity index (χ3v) is 2.86. The van der Waals surface area contributed by atoms with Crippen molar-refractivity contribution in [3.63, 3.8) is 0 Å². The monoisotopic (exact) mass is 225 g/mol. The highest BCUT2D eigenvalue weighted by Crippen LogP contribution is 1.95. The van der Waals surface area contributed by atoms with Crippen LogP contribution in [0, 0.1) is 0 Å². The van der Waals surface area contributed by atoms with E-state index in [0.29, 0.717) is 0 Å². The standard InChI is InChI=1S/C6H11NO6S/c1-13-5(8)3-14(11,12)2-4(7)6(9)10/h4H,2-3,7H2,1H3,(H,9,10). The van der Waals surface area contributed by atoms with Crippen molar-refractivity contribution >= 4 is 21.8 Å². The second-order valence-corrected chi connectivity index (χ2v) is 4.68. The highest BCUT2D eigenvalue weighted by Gasteiger charge is 2.24. The van der Waals surface area contributed by atoms with Gasteiger partial charge in [0.05, 0.1) is 12.9 Å². The van der Waals surface area contributed by atoms with Crippen LogP contribution in [-0.2, 0) is 24.2 Å². The van der Waals surface area contributed by atoms with Crippen molar-refractivity contribution in [3.8, 4) is 0 Å². The van der Waals surface area contributed by atoms with Gasteiger partial charge in [0.15, 0.2) is 9.84 Å². The third-order valence-electron chi connectivity index (χ3n) is 1.32. The first-order valence-corrected chi connectivity index (χ1v) is 5.36. The Hall–Kier alpha value is -1.15. The van der Waals surface area contributed by atoms with Crippen molar-refractivity contribution < 1.29 is 27.9 Å². The summed E-state index contributed by atoms with van der Waals surface area (Å²) < 4.78 is 26.3. The summed E-state index contributed by atoms with van der Waals surface area (Å²) in [4.78, 5) is 20.8. The summed E-state index contributed by atoms with van der Waals surface area (Å²) in [6.45, 7) is 0. The number of carboxylic acid groups (broad SMARTS) is 1. The smallest absolute Gasteiger partial charge is 0.321 e. The molecule has 0 heterocycles. The van der Waals surface area contributed by atoms with Crippen molar-refractivity contribution in [2.24, 2.45) is 5.73 Å². The van der Waals surface area contributed by atoms with E-state index in [4.69, 9.17) is 10.8 Å². The van der Waals surface area contributed by atoms with Gasteiger partial charge in [0, 0.05) is 0 Å². The van der Waals surface area contributed by atoms with E-state index in [1.54, 1.807) is 0 Å². The molecule has 0 spiro atoms. The first-order chi connectivity index (χ1) is 6.28. The van der Waals surface area contributed by atoms with Crippen LogP contribution in [0.1, 0.15) is 0 Å². The molecule has 0 rings (SSSR count). The van der Waals surface area contributed by atoms with Crippen LogP contribution < -0.4 is 5.73 Å². The van der Waals surface area contributed by atoms with Crippen molar-refractivity contribution in [1.82, 2.24) is 0 Å². The van der Waals surface area contributed by atoms with E-state index in [2.05, 4.69) is 4.74 Å². The van der Waals surface area contributed by atoms with Gasteiger partial charge in [0.2, 0.25) is 0 Å². The van der Waals surface area contributed by atoms with E-state index in [1.165, 1.54) is 0 Å². The predicted molar refractivity (Wildman–Crippen MR) is 46.3 cm³/mol. The third kappa shape index (κ3) is 4.77. The van der Waals surface area contributed by atoms with E-state index < -0.39 is 39.3 Å². The molecule has 0 aliphatic rings. The summed E-state index contributed by atoms with van der Waals surface area (Å²) in [7, 11) is -2.78. The molecule has 0 saturated carbocycles. The minimum atomic E-state index is -3.82. The van der Waals surface area contributed by atoms with Crippen molar-refractivity contribution in [3.05, 3.63) is 0 Å². The van der Waals surface area contributed by atoms with Gasteiger partial charge in [0.1, 0.15) is 11.8 Å². The summed E-state index contributed by atoms with van der Waals surface area (Å²) in [5.74, 6) is -4.01. The molecule has 0 fully saturated rings. The molecule has 7 nitrogen and oxygen atoms in total. The molecular formula is C6H11NO6S. The average Bonchev–Trinajstić information content (AvgIpc) is 2.02. The van der Waals surface area contributed by atoms with Gasteiger partial charge in [-0.2, -0.15) is 0 Å². The fraction of sp³-hybridized carbons (Fsp3) is 0.667. The van der Waals surface area contributed by atoms with Crippen LogP contribution in [0.2, 0.25) is 0 Å². The molecule has 8 heteroatoms. The van der Waals surface area contributed by atoms with Crippen LogP contribution in [0.3, 0.4) is 0 Å². The van der Waals surface area contributed by atoms with Crippen molar-refractivity contribution in [1.29, 1.82) is 0 Å². The predicted octanol–water partition coefficient (Wildman–Crippen LogP) is -2.01. The maximum Gasteiger partial charge on any atom is 0.321 e. The second-order valence-electron chi connectivity index (χ2n) is 2.58. The Kier molecular flexibility index (Phi) is 4.51. The molecule has 0 aromatic heterocycles. The highest BCUT2D eigenvalue weighted by atomic mass is 32.2. The molecule has 0 aromatic rings. The molecule has 0 aromatic carbocycles. The Balaban J connectivity index is 4.36. The topological polar surface area (TPSA) is 124 Å². The average molecular weight is 225 g/mol. The van der Waals surface area contributed by atoms with E-state index in [0.717, 1.165) is 7.11 Å². The van der Waals surface area contributed by atoms with E-state index in [9.17, 15) is 18.0 Å².